The third-order valence-corrected chi connectivity index (χ3v) is 4.05. The average molecular weight is 283 g/mol. The van der Waals surface area contributed by atoms with Crippen LogP contribution in [0.3, 0.4) is 0 Å². The molecule has 0 unspecified atom stereocenters. The van der Waals surface area contributed by atoms with E-state index >= 15 is 0 Å². The zero-order valence-electron chi connectivity index (χ0n) is 11.1. The van der Waals surface area contributed by atoms with Gasteiger partial charge in [-0.05, 0) is 30.4 Å². The zero-order valence-corrected chi connectivity index (χ0v) is 11.8. The fourth-order valence-electron chi connectivity index (χ4n) is 2.62. The Labute approximate surface area is 118 Å². The van der Waals surface area contributed by atoms with Crippen molar-refractivity contribution in [2.75, 3.05) is 11.9 Å². The largest absolute Gasteiger partial charge is 0.478 e. The summed E-state index contributed by atoms with van der Waals surface area (Å²) in [5, 5.41) is 12.6. The number of anilines is 1. The Morgan fingerprint density at radius 2 is 2.11 bits per heavy atom. The van der Waals surface area contributed by atoms with Gasteiger partial charge in [-0.2, -0.15) is 0 Å². The van der Waals surface area contributed by atoms with Gasteiger partial charge in [0.1, 0.15) is 16.5 Å². The molecule has 1 aliphatic carbocycles. The number of aromatic carboxylic acids is 1. The quantitative estimate of drug-likeness (QED) is 0.824. The van der Waals surface area contributed by atoms with Gasteiger partial charge >= 0.3 is 5.97 Å². The molecule has 0 atom stereocenters. The lowest BCUT2D eigenvalue weighted by Crippen LogP contribution is -2.29. The first-order chi connectivity index (χ1) is 9.00. The SMILES string of the molecule is CC1(CNc2nc(Cl)ccc2C(=O)O)CCCCC1. The van der Waals surface area contributed by atoms with E-state index < -0.39 is 5.97 Å². The molecule has 19 heavy (non-hydrogen) atoms. The molecule has 1 fully saturated rings. The van der Waals surface area contributed by atoms with Crippen molar-refractivity contribution in [2.45, 2.75) is 39.0 Å². The number of halogens is 1. The van der Waals surface area contributed by atoms with Gasteiger partial charge < -0.3 is 10.4 Å². The van der Waals surface area contributed by atoms with Gasteiger partial charge in [0.15, 0.2) is 0 Å². The maximum absolute atomic E-state index is 11.1. The predicted octanol–water partition coefficient (Wildman–Crippen LogP) is 3.82. The number of aromatic nitrogens is 1. The molecule has 2 rings (SSSR count). The van der Waals surface area contributed by atoms with Crippen LogP contribution in [0.1, 0.15) is 49.4 Å². The number of carboxylic acid groups (broad SMARTS) is 1. The Morgan fingerprint density at radius 1 is 1.42 bits per heavy atom. The Hall–Kier alpha value is -1.29. The number of nitrogens with one attached hydrogen (secondary N) is 1. The first-order valence-corrected chi connectivity index (χ1v) is 7.02. The minimum absolute atomic E-state index is 0.170. The third-order valence-electron chi connectivity index (χ3n) is 3.83. The van der Waals surface area contributed by atoms with Gasteiger partial charge in [0.25, 0.3) is 0 Å². The van der Waals surface area contributed by atoms with E-state index in [1.807, 2.05) is 0 Å². The van der Waals surface area contributed by atoms with Crippen molar-refractivity contribution in [3.8, 4) is 0 Å². The highest BCUT2D eigenvalue weighted by Gasteiger charge is 2.27. The van der Waals surface area contributed by atoms with Crippen molar-refractivity contribution >= 4 is 23.4 Å². The van der Waals surface area contributed by atoms with Crippen molar-refractivity contribution in [2.24, 2.45) is 5.41 Å². The summed E-state index contributed by atoms with van der Waals surface area (Å²) >= 11 is 5.83. The topological polar surface area (TPSA) is 62.2 Å². The first kappa shape index (κ1) is 14.1. The van der Waals surface area contributed by atoms with E-state index in [-0.39, 0.29) is 11.0 Å². The van der Waals surface area contributed by atoms with E-state index in [1.54, 1.807) is 0 Å². The van der Waals surface area contributed by atoms with Crippen LogP contribution < -0.4 is 5.32 Å². The molecule has 104 valence electrons. The maximum Gasteiger partial charge on any atom is 0.339 e. The lowest BCUT2D eigenvalue weighted by molar-refractivity contribution is 0.0697. The van der Waals surface area contributed by atoms with Gasteiger partial charge in [-0.1, -0.05) is 37.8 Å². The zero-order chi connectivity index (χ0) is 13.9. The standard InChI is InChI=1S/C14H19ClN2O2/c1-14(7-3-2-4-8-14)9-16-12-10(13(18)19)5-6-11(15)17-12/h5-6H,2-4,7-9H2,1H3,(H,16,17)(H,18,19). The second-order valence-corrected chi connectivity index (χ2v) is 5.95. The van der Waals surface area contributed by atoms with Gasteiger partial charge in [0.2, 0.25) is 0 Å². The Morgan fingerprint density at radius 3 is 2.74 bits per heavy atom. The van der Waals surface area contributed by atoms with Crippen molar-refractivity contribution in [1.82, 2.24) is 4.98 Å². The van der Waals surface area contributed by atoms with Crippen LogP contribution in [-0.4, -0.2) is 22.6 Å². The fourth-order valence-corrected chi connectivity index (χ4v) is 2.77. The Kier molecular flexibility index (Phi) is 4.30. The number of hydrogen-bond donors (Lipinski definition) is 2. The van der Waals surface area contributed by atoms with E-state index in [0.29, 0.717) is 11.0 Å². The van der Waals surface area contributed by atoms with Gasteiger partial charge in [0, 0.05) is 6.54 Å². The molecule has 0 amide bonds. The molecule has 0 bridgehead atoms. The first-order valence-electron chi connectivity index (χ1n) is 6.64. The number of hydrogen-bond acceptors (Lipinski definition) is 3. The van der Waals surface area contributed by atoms with Gasteiger partial charge in [-0.25, -0.2) is 9.78 Å². The minimum atomic E-state index is -0.986. The van der Waals surface area contributed by atoms with Crippen LogP contribution in [0.15, 0.2) is 12.1 Å². The smallest absolute Gasteiger partial charge is 0.339 e. The van der Waals surface area contributed by atoms with E-state index in [0.717, 1.165) is 6.54 Å². The van der Waals surface area contributed by atoms with Crippen LogP contribution in [0.2, 0.25) is 5.15 Å². The Bertz CT molecular complexity index is 471. The molecule has 1 aromatic rings. The van der Waals surface area contributed by atoms with Crippen molar-refractivity contribution in [3.05, 3.63) is 22.8 Å². The van der Waals surface area contributed by atoms with E-state index in [1.165, 1.54) is 44.2 Å². The highest BCUT2D eigenvalue weighted by molar-refractivity contribution is 6.29. The second-order valence-electron chi connectivity index (χ2n) is 5.56. The maximum atomic E-state index is 11.1. The third kappa shape index (κ3) is 3.60. The molecule has 0 aliphatic heterocycles. The van der Waals surface area contributed by atoms with Crippen LogP contribution in [0.5, 0.6) is 0 Å². The molecular weight excluding hydrogens is 264 g/mol. The van der Waals surface area contributed by atoms with Crippen molar-refractivity contribution in [3.63, 3.8) is 0 Å². The van der Waals surface area contributed by atoms with Gasteiger partial charge in [0.05, 0.1) is 0 Å². The molecule has 0 aromatic carbocycles. The lowest BCUT2D eigenvalue weighted by atomic mass is 9.76. The average Bonchev–Trinajstić information content (AvgIpc) is 2.37. The summed E-state index contributed by atoms with van der Waals surface area (Å²) in [6.07, 6.45) is 6.12. The molecule has 1 saturated carbocycles. The van der Waals surface area contributed by atoms with Gasteiger partial charge in [-0.15, -0.1) is 0 Å². The predicted molar refractivity (Wildman–Crippen MR) is 75.9 cm³/mol. The summed E-state index contributed by atoms with van der Waals surface area (Å²) in [5.41, 5.74) is 0.390. The number of carbonyl (C=O) groups is 1. The number of rotatable bonds is 4. The summed E-state index contributed by atoms with van der Waals surface area (Å²) in [7, 11) is 0. The summed E-state index contributed by atoms with van der Waals surface area (Å²) in [5.74, 6) is -0.618. The molecular formula is C14H19ClN2O2. The lowest BCUT2D eigenvalue weighted by Gasteiger charge is -2.34. The van der Waals surface area contributed by atoms with Gasteiger partial charge in [-0.3, -0.25) is 0 Å². The van der Waals surface area contributed by atoms with Crippen LogP contribution in [0, 0.1) is 5.41 Å². The van der Waals surface area contributed by atoms with Crippen LogP contribution >= 0.6 is 11.6 Å². The van der Waals surface area contributed by atoms with Crippen LogP contribution in [0.4, 0.5) is 5.82 Å². The number of nitrogens with zero attached hydrogens (tertiary/aromatic N) is 1. The minimum Gasteiger partial charge on any atom is -0.478 e. The summed E-state index contributed by atoms with van der Waals surface area (Å²) in [6, 6.07) is 2.99. The molecule has 0 saturated heterocycles. The Balaban J connectivity index is 2.10. The number of pyridine rings is 1. The van der Waals surface area contributed by atoms with Crippen molar-refractivity contribution < 1.29 is 9.90 Å². The number of carboxylic acids is 1. The highest BCUT2D eigenvalue weighted by atomic mass is 35.5. The normalized spacial score (nSPS) is 18.0. The fraction of sp³-hybridized carbons (Fsp3) is 0.571. The molecule has 1 aliphatic rings. The molecule has 5 heteroatoms. The van der Waals surface area contributed by atoms with Crippen molar-refractivity contribution in [1.29, 1.82) is 0 Å². The summed E-state index contributed by atoms with van der Waals surface area (Å²) < 4.78 is 0. The second kappa shape index (κ2) is 5.78. The highest BCUT2D eigenvalue weighted by Crippen LogP contribution is 2.35. The van der Waals surface area contributed by atoms with E-state index in [9.17, 15) is 4.79 Å². The molecule has 0 radical (unpaired) electrons. The molecule has 1 aromatic heterocycles. The summed E-state index contributed by atoms with van der Waals surface area (Å²) in [6.45, 7) is 2.98. The molecule has 0 spiro atoms. The summed E-state index contributed by atoms with van der Waals surface area (Å²) in [4.78, 5) is 15.2. The molecule has 2 N–H and O–H groups in total. The molecule has 4 nitrogen and oxygen atoms in total. The van der Waals surface area contributed by atoms with Crippen LogP contribution in [-0.2, 0) is 0 Å². The molecule has 1 heterocycles. The monoisotopic (exact) mass is 282 g/mol. The van der Waals surface area contributed by atoms with E-state index in [2.05, 4.69) is 17.2 Å². The van der Waals surface area contributed by atoms with Crippen LogP contribution in [0.25, 0.3) is 0 Å². The van der Waals surface area contributed by atoms with E-state index in [4.69, 9.17) is 16.7 Å².